The maximum atomic E-state index is 13.1. The second-order valence-electron chi connectivity index (χ2n) is 9.73. The van der Waals surface area contributed by atoms with Gasteiger partial charge in [0.05, 0.1) is 23.7 Å². The lowest BCUT2D eigenvalue weighted by Gasteiger charge is -2.47. The fourth-order valence-corrected chi connectivity index (χ4v) is 5.17. The van der Waals surface area contributed by atoms with Gasteiger partial charge in [0.25, 0.3) is 0 Å². The van der Waals surface area contributed by atoms with Gasteiger partial charge >= 0.3 is 6.18 Å². The van der Waals surface area contributed by atoms with Gasteiger partial charge in [-0.05, 0) is 62.6 Å². The summed E-state index contributed by atoms with van der Waals surface area (Å²) in [6.07, 6.45) is 0.923. The van der Waals surface area contributed by atoms with Crippen LogP contribution in [0.4, 0.5) is 19.0 Å². The smallest absolute Gasteiger partial charge is 0.388 e. The summed E-state index contributed by atoms with van der Waals surface area (Å²) in [5, 5.41) is 13.4. The molecular formula is C25H31F3N4O2. The Morgan fingerprint density at radius 3 is 2.59 bits per heavy atom. The molecule has 0 spiro atoms. The van der Waals surface area contributed by atoms with Crippen LogP contribution in [0.1, 0.15) is 44.6 Å². The number of Topliss-reactive ketones (excluding diaryl/α,β-unsaturated/α-hetero) is 1. The van der Waals surface area contributed by atoms with Gasteiger partial charge in [-0.2, -0.15) is 13.2 Å². The van der Waals surface area contributed by atoms with E-state index in [1.807, 2.05) is 6.92 Å². The molecule has 2 aromatic rings. The minimum atomic E-state index is -4.46. The predicted octanol–water partition coefficient (Wildman–Crippen LogP) is 4.45. The van der Waals surface area contributed by atoms with Gasteiger partial charge < -0.3 is 10.4 Å². The van der Waals surface area contributed by atoms with Gasteiger partial charge in [-0.3, -0.25) is 9.69 Å². The molecule has 1 unspecified atom stereocenters. The van der Waals surface area contributed by atoms with Gasteiger partial charge in [0.1, 0.15) is 12.1 Å². The van der Waals surface area contributed by atoms with E-state index in [-0.39, 0.29) is 23.5 Å². The summed E-state index contributed by atoms with van der Waals surface area (Å²) < 4.78 is 39.2. The number of nitrogens with zero attached hydrogens (tertiary/aromatic N) is 3. The molecule has 34 heavy (non-hydrogen) atoms. The Morgan fingerprint density at radius 2 is 1.94 bits per heavy atom. The van der Waals surface area contributed by atoms with E-state index < -0.39 is 17.8 Å². The topological polar surface area (TPSA) is 78.4 Å². The van der Waals surface area contributed by atoms with Gasteiger partial charge in [0.2, 0.25) is 0 Å². The summed E-state index contributed by atoms with van der Waals surface area (Å²) in [5.41, 5.74) is 0.440. The lowest BCUT2D eigenvalue weighted by Crippen LogP contribution is -2.54. The van der Waals surface area contributed by atoms with Gasteiger partial charge in [-0.1, -0.05) is 12.2 Å². The number of hydrogen-bond acceptors (Lipinski definition) is 6. The van der Waals surface area contributed by atoms with Crippen LogP contribution in [0.15, 0.2) is 36.7 Å². The molecule has 2 fully saturated rings. The number of rotatable bonds is 8. The number of fused-ring (bicyclic) bond motifs is 1. The Kier molecular flexibility index (Phi) is 7.23. The lowest BCUT2D eigenvalue weighted by atomic mass is 9.79. The summed E-state index contributed by atoms with van der Waals surface area (Å²) in [6, 6.07) is 3.81. The van der Waals surface area contributed by atoms with Crippen molar-refractivity contribution in [3.05, 3.63) is 42.2 Å². The van der Waals surface area contributed by atoms with Crippen molar-refractivity contribution in [3.63, 3.8) is 0 Å². The molecule has 2 N–H and O–H groups in total. The van der Waals surface area contributed by atoms with E-state index in [4.69, 9.17) is 0 Å². The standard InChI is InChI=1S/C25H31F3N4O2/c1-15(2)23(34)17-3-6-19(7-4-17)32-12-16(13-32)9-20(33)11-29-24-21-10-18(25(26,27)28)5-8-22(21)30-14-31-24/h5,8,10,14,16-17,19,23,34H,1,3-4,6-7,9,11-13H2,2H3,(H,29,30,31). The summed E-state index contributed by atoms with van der Waals surface area (Å²) in [5.74, 6) is 0.834. The average Bonchev–Trinajstić information content (AvgIpc) is 2.78. The number of alkyl halides is 3. The van der Waals surface area contributed by atoms with Gasteiger partial charge in [-0.15, -0.1) is 0 Å². The van der Waals surface area contributed by atoms with Crippen LogP contribution in [0.25, 0.3) is 10.9 Å². The molecule has 184 valence electrons. The number of ketones is 1. The van der Waals surface area contributed by atoms with Crippen LogP contribution in [0, 0.1) is 11.8 Å². The fraction of sp³-hybridized carbons (Fsp3) is 0.560. The number of nitrogens with one attached hydrogen (secondary N) is 1. The number of anilines is 1. The van der Waals surface area contributed by atoms with E-state index in [1.54, 1.807) is 0 Å². The SMILES string of the molecule is C=C(C)C(O)C1CCC(N2CC(CC(=O)CNc3ncnc4ccc(C(F)(F)F)cc34)C2)CC1. The highest BCUT2D eigenvalue weighted by Crippen LogP contribution is 2.35. The van der Waals surface area contributed by atoms with Crippen LogP contribution < -0.4 is 5.32 Å². The molecule has 0 radical (unpaired) electrons. The number of hydrogen-bond donors (Lipinski definition) is 2. The van der Waals surface area contributed by atoms with E-state index in [9.17, 15) is 23.1 Å². The monoisotopic (exact) mass is 476 g/mol. The third-order valence-corrected chi connectivity index (χ3v) is 7.13. The van der Waals surface area contributed by atoms with Crippen molar-refractivity contribution in [3.8, 4) is 0 Å². The maximum absolute atomic E-state index is 13.1. The van der Waals surface area contributed by atoms with Crippen LogP contribution in [0.3, 0.4) is 0 Å². The molecule has 1 aliphatic heterocycles. The highest BCUT2D eigenvalue weighted by molar-refractivity contribution is 5.91. The van der Waals surface area contributed by atoms with E-state index in [0.29, 0.717) is 29.8 Å². The molecule has 1 aromatic heterocycles. The largest absolute Gasteiger partial charge is 0.416 e. The van der Waals surface area contributed by atoms with Crippen molar-refractivity contribution in [2.24, 2.45) is 11.8 Å². The van der Waals surface area contributed by atoms with Crippen LogP contribution in [0.2, 0.25) is 0 Å². The summed E-state index contributed by atoms with van der Waals surface area (Å²) in [7, 11) is 0. The maximum Gasteiger partial charge on any atom is 0.416 e. The molecule has 9 heteroatoms. The van der Waals surface area contributed by atoms with E-state index in [1.165, 1.54) is 12.4 Å². The van der Waals surface area contributed by atoms with Crippen molar-refractivity contribution in [2.45, 2.75) is 57.3 Å². The first kappa shape index (κ1) is 24.6. The highest BCUT2D eigenvalue weighted by atomic mass is 19.4. The van der Waals surface area contributed by atoms with Crippen molar-refractivity contribution in [1.82, 2.24) is 14.9 Å². The molecule has 2 aliphatic rings. The zero-order valence-electron chi connectivity index (χ0n) is 19.3. The first-order valence-electron chi connectivity index (χ1n) is 11.8. The summed E-state index contributed by atoms with van der Waals surface area (Å²) in [6.45, 7) is 7.52. The number of likely N-dealkylation sites (tertiary alicyclic amines) is 1. The number of aliphatic hydroxyl groups excluding tert-OH is 1. The summed E-state index contributed by atoms with van der Waals surface area (Å²) >= 11 is 0. The Bertz CT molecular complexity index is 1040. The van der Waals surface area contributed by atoms with Crippen molar-refractivity contribution < 1.29 is 23.1 Å². The minimum absolute atomic E-state index is 0.0108. The molecule has 1 atom stereocenters. The third kappa shape index (κ3) is 5.58. The first-order chi connectivity index (χ1) is 16.1. The van der Waals surface area contributed by atoms with Gasteiger partial charge in [0.15, 0.2) is 5.78 Å². The van der Waals surface area contributed by atoms with Crippen LogP contribution in [0.5, 0.6) is 0 Å². The first-order valence-corrected chi connectivity index (χ1v) is 11.8. The molecule has 0 amide bonds. The molecule has 2 heterocycles. The Hall–Kier alpha value is -2.52. The van der Waals surface area contributed by atoms with Crippen molar-refractivity contribution in [1.29, 1.82) is 0 Å². The second kappa shape index (κ2) is 10.00. The lowest BCUT2D eigenvalue weighted by molar-refractivity contribution is -0.137. The Morgan fingerprint density at radius 1 is 1.24 bits per heavy atom. The number of carbonyl (C=O) groups is 1. The third-order valence-electron chi connectivity index (χ3n) is 7.13. The van der Waals surface area contributed by atoms with E-state index >= 15 is 0 Å². The van der Waals surface area contributed by atoms with Crippen molar-refractivity contribution >= 4 is 22.5 Å². The second-order valence-corrected chi connectivity index (χ2v) is 9.73. The molecule has 4 rings (SSSR count). The molecule has 0 bridgehead atoms. The highest BCUT2D eigenvalue weighted by Gasteiger charge is 2.36. The Labute approximate surface area is 197 Å². The number of benzene rings is 1. The van der Waals surface area contributed by atoms with Crippen molar-refractivity contribution in [2.75, 3.05) is 25.0 Å². The fourth-order valence-electron chi connectivity index (χ4n) is 5.17. The number of aliphatic hydroxyl groups is 1. The molecular weight excluding hydrogens is 445 g/mol. The van der Waals surface area contributed by atoms with E-state index in [0.717, 1.165) is 56.5 Å². The van der Waals surface area contributed by atoms with Gasteiger partial charge in [-0.25, -0.2) is 9.97 Å². The zero-order valence-corrected chi connectivity index (χ0v) is 19.3. The van der Waals surface area contributed by atoms with Crippen LogP contribution in [-0.2, 0) is 11.0 Å². The number of aromatic nitrogens is 2. The van der Waals surface area contributed by atoms with Gasteiger partial charge in [0, 0.05) is 30.9 Å². The minimum Gasteiger partial charge on any atom is -0.388 e. The molecule has 1 saturated carbocycles. The van der Waals surface area contributed by atoms with Crippen LogP contribution in [-0.4, -0.2) is 57.5 Å². The molecule has 6 nitrogen and oxygen atoms in total. The predicted molar refractivity (Wildman–Crippen MR) is 124 cm³/mol. The van der Waals surface area contributed by atoms with Crippen LogP contribution >= 0.6 is 0 Å². The Balaban J connectivity index is 1.24. The molecule has 1 aliphatic carbocycles. The summed E-state index contributed by atoms with van der Waals surface area (Å²) in [4.78, 5) is 23.0. The molecule has 1 aromatic carbocycles. The number of carbonyl (C=O) groups excluding carboxylic acids is 1. The van der Waals surface area contributed by atoms with E-state index in [2.05, 4.69) is 26.8 Å². The number of halogens is 3. The molecule has 1 saturated heterocycles. The normalized spacial score (nSPS) is 22.9. The average molecular weight is 477 g/mol. The quantitative estimate of drug-likeness (QED) is 0.549. The zero-order chi connectivity index (χ0) is 24.5.